The van der Waals surface area contributed by atoms with Crippen molar-refractivity contribution in [2.45, 2.75) is 0 Å². The number of methoxy groups -OCH3 is 2. The summed E-state index contributed by atoms with van der Waals surface area (Å²) in [5, 5.41) is 9.74. The molecule has 0 radical (unpaired) electrons. The molecule has 2 rings (SSSR count). The van der Waals surface area contributed by atoms with Crippen LogP contribution in [0.15, 0.2) is 36.4 Å². The molecule has 0 spiro atoms. The highest BCUT2D eigenvalue weighted by Crippen LogP contribution is 2.37. The largest absolute Gasteiger partial charge is 0.493 e. The van der Waals surface area contributed by atoms with E-state index < -0.39 is 5.97 Å². The quantitative estimate of drug-likeness (QED) is 0.261. The SMILES string of the molecule is COC(=O)COc1c(Cl)cc(/C=C(/C#N)c2ccc(I)cc2)cc1OC. The molecule has 0 aliphatic heterocycles. The zero-order valence-corrected chi connectivity index (χ0v) is 17.0. The molecule has 0 fully saturated rings. The highest BCUT2D eigenvalue weighted by molar-refractivity contribution is 14.1. The van der Waals surface area contributed by atoms with Crippen LogP contribution in [0.2, 0.25) is 5.02 Å². The first-order chi connectivity index (χ1) is 12.5. The lowest BCUT2D eigenvalue weighted by Crippen LogP contribution is -2.13. The van der Waals surface area contributed by atoms with Gasteiger partial charge in [-0.15, -0.1) is 0 Å². The average Bonchev–Trinajstić information content (AvgIpc) is 2.65. The lowest BCUT2D eigenvalue weighted by atomic mass is 10.0. The van der Waals surface area contributed by atoms with Crippen molar-refractivity contribution in [2.75, 3.05) is 20.8 Å². The van der Waals surface area contributed by atoms with Crippen LogP contribution in [0.5, 0.6) is 11.5 Å². The Labute approximate surface area is 170 Å². The van der Waals surface area contributed by atoms with Gasteiger partial charge in [-0.3, -0.25) is 0 Å². The average molecular weight is 484 g/mol. The Morgan fingerprint density at radius 2 is 1.96 bits per heavy atom. The lowest BCUT2D eigenvalue weighted by Gasteiger charge is -2.12. The summed E-state index contributed by atoms with van der Waals surface area (Å²) >= 11 is 8.47. The number of allylic oxidation sites excluding steroid dienone is 1. The van der Waals surface area contributed by atoms with E-state index in [0.29, 0.717) is 16.9 Å². The second-order valence-electron chi connectivity index (χ2n) is 5.08. The Kier molecular flexibility index (Phi) is 7.30. The van der Waals surface area contributed by atoms with Crippen molar-refractivity contribution < 1.29 is 19.0 Å². The summed E-state index contributed by atoms with van der Waals surface area (Å²) < 4.78 is 16.3. The first kappa shape index (κ1) is 20.1. The van der Waals surface area contributed by atoms with Crippen LogP contribution in [-0.2, 0) is 9.53 Å². The van der Waals surface area contributed by atoms with Crippen molar-refractivity contribution >= 4 is 51.8 Å². The number of esters is 1. The Bertz CT molecular complexity index is 872. The molecule has 0 aromatic heterocycles. The minimum Gasteiger partial charge on any atom is -0.493 e. The number of carbonyl (C=O) groups is 1. The molecule has 0 unspecified atom stereocenters. The maximum absolute atomic E-state index is 11.3. The van der Waals surface area contributed by atoms with Crippen LogP contribution >= 0.6 is 34.2 Å². The van der Waals surface area contributed by atoms with Crippen LogP contribution in [-0.4, -0.2) is 26.8 Å². The van der Waals surface area contributed by atoms with E-state index in [4.69, 9.17) is 21.1 Å². The zero-order valence-electron chi connectivity index (χ0n) is 14.1. The van der Waals surface area contributed by atoms with Crippen molar-refractivity contribution in [3.05, 3.63) is 56.1 Å². The molecular weight excluding hydrogens is 469 g/mol. The molecule has 0 amide bonds. The summed E-state index contributed by atoms with van der Waals surface area (Å²) in [4.78, 5) is 11.3. The highest BCUT2D eigenvalue weighted by atomic mass is 127. The lowest BCUT2D eigenvalue weighted by molar-refractivity contribution is -0.142. The molecule has 2 aromatic rings. The third-order valence-corrected chi connectivity index (χ3v) is 4.40. The van der Waals surface area contributed by atoms with E-state index in [-0.39, 0.29) is 17.4 Å². The van der Waals surface area contributed by atoms with Gasteiger partial charge in [0.1, 0.15) is 0 Å². The van der Waals surface area contributed by atoms with Crippen LogP contribution < -0.4 is 9.47 Å². The van der Waals surface area contributed by atoms with Crippen molar-refractivity contribution in [1.82, 2.24) is 0 Å². The van der Waals surface area contributed by atoms with Gasteiger partial charge in [0.2, 0.25) is 0 Å². The number of hydrogen-bond donors (Lipinski definition) is 0. The van der Waals surface area contributed by atoms with Crippen LogP contribution in [0.1, 0.15) is 11.1 Å². The molecule has 0 bridgehead atoms. The van der Waals surface area contributed by atoms with Crippen molar-refractivity contribution in [3.8, 4) is 17.6 Å². The zero-order chi connectivity index (χ0) is 19.1. The molecule has 134 valence electrons. The normalized spacial score (nSPS) is 10.8. The van der Waals surface area contributed by atoms with Crippen molar-refractivity contribution in [2.24, 2.45) is 0 Å². The molecule has 26 heavy (non-hydrogen) atoms. The predicted molar refractivity (Wildman–Crippen MR) is 108 cm³/mol. The minimum atomic E-state index is -0.530. The summed E-state index contributed by atoms with van der Waals surface area (Å²) in [6, 6.07) is 13.1. The highest BCUT2D eigenvalue weighted by Gasteiger charge is 2.14. The predicted octanol–water partition coefficient (Wildman–Crippen LogP) is 4.57. The fourth-order valence-corrected chi connectivity index (χ4v) is 2.76. The van der Waals surface area contributed by atoms with E-state index in [2.05, 4.69) is 33.4 Å². The van der Waals surface area contributed by atoms with Crippen LogP contribution in [0.25, 0.3) is 11.6 Å². The van der Waals surface area contributed by atoms with Gasteiger partial charge < -0.3 is 14.2 Å². The summed E-state index contributed by atoms with van der Waals surface area (Å²) in [6.45, 7) is -0.284. The van der Waals surface area contributed by atoms with Gasteiger partial charge in [0.15, 0.2) is 18.1 Å². The monoisotopic (exact) mass is 483 g/mol. The summed E-state index contributed by atoms with van der Waals surface area (Å²) in [5.74, 6) is 0.0645. The van der Waals surface area contributed by atoms with E-state index >= 15 is 0 Å². The second-order valence-corrected chi connectivity index (χ2v) is 6.73. The number of ether oxygens (including phenoxy) is 3. The number of carbonyl (C=O) groups excluding carboxylic acids is 1. The summed E-state index contributed by atoms with van der Waals surface area (Å²) in [6.07, 6.45) is 1.71. The third-order valence-electron chi connectivity index (χ3n) is 3.40. The molecule has 0 atom stereocenters. The van der Waals surface area contributed by atoms with Gasteiger partial charge in [-0.2, -0.15) is 5.26 Å². The first-order valence-electron chi connectivity index (χ1n) is 7.43. The van der Waals surface area contributed by atoms with Crippen LogP contribution in [0.3, 0.4) is 0 Å². The molecule has 0 heterocycles. The van der Waals surface area contributed by atoms with Gasteiger partial charge in [-0.1, -0.05) is 23.7 Å². The smallest absolute Gasteiger partial charge is 0.343 e. The van der Waals surface area contributed by atoms with E-state index in [1.165, 1.54) is 14.2 Å². The topological polar surface area (TPSA) is 68.5 Å². The molecular formula is C19H15ClINO4. The Balaban J connectivity index is 2.37. The van der Waals surface area contributed by atoms with Crippen molar-refractivity contribution in [3.63, 3.8) is 0 Å². The fourth-order valence-electron chi connectivity index (χ4n) is 2.13. The number of nitrogens with zero attached hydrogens (tertiary/aromatic N) is 1. The number of halogens is 2. The van der Waals surface area contributed by atoms with Crippen LogP contribution in [0.4, 0.5) is 0 Å². The first-order valence-corrected chi connectivity index (χ1v) is 8.89. The Hall–Kier alpha value is -2.24. The molecule has 5 nitrogen and oxygen atoms in total. The van der Waals surface area contributed by atoms with Gasteiger partial charge >= 0.3 is 5.97 Å². The minimum absolute atomic E-state index is 0.240. The van der Waals surface area contributed by atoms with E-state index in [1.807, 2.05) is 24.3 Å². The van der Waals surface area contributed by atoms with E-state index in [0.717, 1.165) is 9.13 Å². The maximum atomic E-state index is 11.3. The van der Waals surface area contributed by atoms with Gasteiger partial charge in [-0.05, 0) is 64.1 Å². The fraction of sp³-hybridized carbons (Fsp3) is 0.158. The molecule has 7 heteroatoms. The Morgan fingerprint density at radius 1 is 1.27 bits per heavy atom. The molecule has 0 saturated carbocycles. The standard InChI is InChI=1S/C19H15ClINO4/c1-24-17-9-12(8-16(20)19(17)26-11-18(23)25-2)7-14(10-22)13-3-5-15(21)6-4-13/h3-9H,11H2,1-2H3/b14-7-. The van der Waals surface area contributed by atoms with E-state index in [1.54, 1.807) is 18.2 Å². The van der Waals surface area contributed by atoms with Gasteiger partial charge in [-0.25, -0.2) is 4.79 Å². The summed E-state index contributed by atoms with van der Waals surface area (Å²) in [5.41, 5.74) is 1.96. The van der Waals surface area contributed by atoms with Gasteiger partial charge in [0, 0.05) is 3.57 Å². The molecule has 0 aliphatic rings. The number of nitriles is 1. The number of benzene rings is 2. The Morgan fingerprint density at radius 3 is 2.54 bits per heavy atom. The van der Waals surface area contributed by atoms with E-state index in [9.17, 15) is 10.1 Å². The van der Waals surface area contributed by atoms with Crippen LogP contribution in [0, 0.1) is 14.9 Å². The third kappa shape index (κ3) is 5.13. The van der Waals surface area contributed by atoms with Gasteiger partial charge in [0.25, 0.3) is 0 Å². The summed E-state index contributed by atoms with van der Waals surface area (Å²) in [7, 11) is 2.74. The molecule has 0 saturated heterocycles. The van der Waals surface area contributed by atoms with Crippen molar-refractivity contribution in [1.29, 1.82) is 5.26 Å². The molecule has 0 aliphatic carbocycles. The molecule has 0 N–H and O–H groups in total. The second kappa shape index (κ2) is 9.46. The molecule has 2 aromatic carbocycles. The van der Waals surface area contributed by atoms with Gasteiger partial charge in [0.05, 0.1) is 30.9 Å². The number of rotatable bonds is 6. The number of hydrogen-bond acceptors (Lipinski definition) is 5. The maximum Gasteiger partial charge on any atom is 0.343 e.